The lowest BCUT2D eigenvalue weighted by molar-refractivity contribution is -0.134. The first kappa shape index (κ1) is 23.7. The summed E-state index contributed by atoms with van der Waals surface area (Å²) >= 11 is 3.38. The summed E-state index contributed by atoms with van der Waals surface area (Å²) < 4.78 is 12.2. The largest absolute Gasteiger partial charge is 0.492 e. The number of hydrogen-bond acceptors (Lipinski definition) is 6. The Bertz CT molecular complexity index is 921. The number of methoxy groups -OCH3 is 1. The fourth-order valence-electron chi connectivity index (χ4n) is 2.14. The molecule has 2 aromatic rings. The normalized spacial score (nSPS) is 9.86. The van der Waals surface area contributed by atoms with Crippen LogP contribution in [0.15, 0.2) is 53.0 Å². The van der Waals surface area contributed by atoms with Gasteiger partial charge in [0.1, 0.15) is 11.8 Å². The molecule has 0 aliphatic rings. The smallest absolute Gasteiger partial charge is 0.328 e. The average molecular weight is 463 g/mol. The van der Waals surface area contributed by atoms with Crippen molar-refractivity contribution in [2.45, 2.75) is 6.54 Å². The molecule has 0 fully saturated rings. The lowest BCUT2D eigenvalue weighted by Gasteiger charge is -2.14. The Labute approximate surface area is 176 Å². The Morgan fingerprint density at radius 1 is 1.17 bits per heavy atom. The van der Waals surface area contributed by atoms with Gasteiger partial charge < -0.3 is 25.0 Å². The van der Waals surface area contributed by atoms with Crippen LogP contribution in [0, 0.1) is 11.3 Å². The zero-order valence-corrected chi connectivity index (χ0v) is 17.3. The van der Waals surface area contributed by atoms with Gasteiger partial charge in [0.05, 0.1) is 12.7 Å². The molecular formula is C20H19BrN2O6. The molecule has 29 heavy (non-hydrogen) atoms. The molecule has 9 heteroatoms. The van der Waals surface area contributed by atoms with E-state index in [1.54, 1.807) is 25.3 Å². The van der Waals surface area contributed by atoms with Crippen molar-refractivity contribution in [1.82, 2.24) is 5.32 Å². The number of carbonyl (C=O) groups is 2. The van der Waals surface area contributed by atoms with Crippen molar-refractivity contribution in [3.05, 3.63) is 64.1 Å². The van der Waals surface area contributed by atoms with Crippen molar-refractivity contribution >= 4 is 27.9 Å². The van der Waals surface area contributed by atoms with E-state index in [0.717, 1.165) is 10.0 Å². The number of benzene rings is 2. The molecule has 0 unspecified atom stereocenters. The number of nitrogens with zero attached hydrogens (tertiary/aromatic N) is 1. The average Bonchev–Trinajstić information content (AvgIpc) is 2.68. The molecule has 152 valence electrons. The summed E-state index contributed by atoms with van der Waals surface area (Å²) in [6, 6.07) is 13.1. The molecule has 0 saturated heterocycles. The number of aliphatic carboxylic acids is 2. The SMILES string of the molecule is CNCc1cccc(Oc2cc(Br)ccc2C#N)c1OC.O=C(O)/C=C/C(=O)O. The first-order chi connectivity index (χ1) is 13.8. The number of carboxylic acid groups (broad SMARTS) is 2. The quantitative estimate of drug-likeness (QED) is 0.532. The van der Waals surface area contributed by atoms with Crippen molar-refractivity contribution < 1.29 is 29.3 Å². The van der Waals surface area contributed by atoms with Gasteiger partial charge in [-0.2, -0.15) is 5.26 Å². The highest BCUT2D eigenvalue weighted by atomic mass is 79.9. The summed E-state index contributed by atoms with van der Waals surface area (Å²) in [5.74, 6) is -0.776. The van der Waals surface area contributed by atoms with Crippen molar-refractivity contribution in [3.8, 4) is 23.3 Å². The molecule has 0 atom stereocenters. The van der Waals surface area contributed by atoms with E-state index in [1.807, 2.05) is 25.2 Å². The third kappa shape index (κ3) is 8.04. The van der Waals surface area contributed by atoms with E-state index in [9.17, 15) is 9.59 Å². The minimum absolute atomic E-state index is 0.472. The second-order valence-electron chi connectivity index (χ2n) is 5.34. The molecule has 0 radical (unpaired) electrons. The molecule has 2 rings (SSSR count). The van der Waals surface area contributed by atoms with Gasteiger partial charge in [-0.1, -0.05) is 28.1 Å². The van der Waals surface area contributed by atoms with E-state index >= 15 is 0 Å². The van der Waals surface area contributed by atoms with Crippen LogP contribution < -0.4 is 14.8 Å². The lowest BCUT2D eigenvalue weighted by atomic mass is 10.1. The van der Waals surface area contributed by atoms with E-state index in [2.05, 4.69) is 27.3 Å². The number of carboxylic acids is 2. The van der Waals surface area contributed by atoms with Crippen molar-refractivity contribution in [2.75, 3.05) is 14.2 Å². The van der Waals surface area contributed by atoms with Gasteiger partial charge in [-0.05, 0) is 31.3 Å². The zero-order chi connectivity index (χ0) is 21.8. The van der Waals surface area contributed by atoms with Crippen LogP contribution in [0.1, 0.15) is 11.1 Å². The molecule has 3 N–H and O–H groups in total. The van der Waals surface area contributed by atoms with Crippen LogP contribution in [0.3, 0.4) is 0 Å². The van der Waals surface area contributed by atoms with Gasteiger partial charge in [0.25, 0.3) is 0 Å². The fourth-order valence-corrected chi connectivity index (χ4v) is 2.48. The summed E-state index contributed by atoms with van der Waals surface area (Å²) in [5, 5.41) is 27.9. The maximum absolute atomic E-state index is 9.55. The van der Waals surface area contributed by atoms with E-state index in [4.69, 9.17) is 24.9 Å². The molecule has 0 bridgehead atoms. The molecule has 0 aliphatic carbocycles. The Morgan fingerprint density at radius 3 is 2.34 bits per heavy atom. The highest BCUT2D eigenvalue weighted by Crippen LogP contribution is 2.36. The molecule has 0 saturated carbocycles. The number of para-hydroxylation sites is 1. The van der Waals surface area contributed by atoms with Crippen molar-refractivity contribution in [3.63, 3.8) is 0 Å². The van der Waals surface area contributed by atoms with Crippen LogP contribution in [0.2, 0.25) is 0 Å². The minimum atomic E-state index is -1.26. The number of nitriles is 1. The second-order valence-corrected chi connectivity index (χ2v) is 6.26. The molecule has 0 aromatic heterocycles. The van der Waals surface area contributed by atoms with Crippen molar-refractivity contribution in [1.29, 1.82) is 5.26 Å². The fraction of sp³-hybridized carbons (Fsp3) is 0.150. The number of rotatable bonds is 7. The Hall–Kier alpha value is -3.35. The summed E-state index contributed by atoms with van der Waals surface area (Å²) in [6.07, 6.45) is 1.12. The summed E-state index contributed by atoms with van der Waals surface area (Å²) in [4.78, 5) is 19.1. The molecule has 2 aromatic carbocycles. The van der Waals surface area contributed by atoms with Crippen LogP contribution in [-0.4, -0.2) is 36.3 Å². The second kappa shape index (κ2) is 12.2. The summed E-state index contributed by atoms with van der Waals surface area (Å²) in [5.41, 5.74) is 1.46. The number of halogens is 1. The monoisotopic (exact) mass is 462 g/mol. The molecule has 0 aliphatic heterocycles. The van der Waals surface area contributed by atoms with Gasteiger partial charge in [0.2, 0.25) is 0 Å². The van der Waals surface area contributed by atoms with Gasteiger partial charge in [-0.25, -0.2) is 9.59 Å². The minimum Gasteiger partial charge on any atom is -0.492 e. The summed E-state index contributed by atoms with van der Waals surface area (Å²) in [6.45, 7) is 0.671. The molecular weight excluding hydrogens is 444 g/mol. The summed E-state index contributed by atoms with van der Waals surface area (Å²) in [7, 11) is 3.47. The van der Waals surface area contributed by atoms with E-state index in [1.165, 1.54) is 0 Å². The number of hydrogen-bond donors (Lipinski definition) is 3. The van der Waals surface area contributed by atoms with Gasteiger partial charge in [0.15, 0.2) is 11.5 Å². The number of nitrogens with one attached hydrogen (secondary N) is 1. The van der Waals surface area contributed by atoms with Crippen molar-refractivity contribution in [2.24, 2.45) is 0 Å². The maximum atomic E-state index is 9.55. The van der Waals surface area contributed by atoms with Crippen LogP contribution in [0.25, 0.3) is 0 Å². The first-order valence-corrected chi connectivity index (χ1v) is 8.93. The standard InChI is InChI=1S/C16H15BrN2O2.C4H4O4/c1-19-10-12-4-3-5-14(16(12)20-2)21-15-8-13(17)7-6-11(15)9-18;5-3(6)1-2-4(7)8/h3-8,19H,10H2,1-2H3;1-2H,(H,5,6)(H,7,8)/b;2-1+. The van der Waals surface area contributed by atoms with E-state index < -0.39 is 11.9 Å². The molecule has 0 heterocycles. The van der Waals surface area contributed by atoms with Gasteiger partial charge >= 0.3 is 11.9 Å². The predicted octanol–water partition coefficient (Wildman–Crippen LogP) is 3.55. The lowest BCUT2D eigenvalue weighted by Crippen LogP contribution is -2.07. The molecule has 0 amide bonds. The Kier molecular flexibility index (Phi) is 9.95. The number of ether oxygens (including phenoxy) is 2. The van der Waals surface area contributed by atoms with Crippen LogP contribution in [-0.2, 0) is 16.1 Å². The van der Waals surface area contributed by atoms with Crippen LogP contribution >= 0.6 is 15.9 Å². The first-order valence-electron chi connectivity index (χ1n) is 8.14. The maximum Gasteiger partial charge on any atom is 0.328 e. The van der Waals surface area contributed by atoms with Crippen LogP contribution in [0.4, 0.5) is 0 Å². The third-order valence-corrected chi connectivity index (χ3v) is 3.78. The Balaban J connectivity index is 0.000000447. The van der Waals surface area contributed by atoms with Crippen LogP contribution in [0.5, 0.6) is 17.2 Å². The van der Waals surface area contributed by atoms with E-state index in [0.29, 0.717) is 41.5 Å². The predicted molar refractivity (Wildman–Crippen MR) is 109 cm³/mol. The highest BCUT2D eigenvalue weighted by molar-refractivity contribution is 9.10. The topological polar surface area (TPSA) is 129 Å². The van der Waals surface area contributed by atoms with E-state index in [-0.39, 0.29) is 0 Å². The molecule has 0 spiro atoms. The van der Waals surface area contributed by atoms with Gasteiger partial charge in [-0.15, -0.1) is 0 Å². The Morgan fingerprint density at radius 2 is 1.83 bits per heavy atom. The highest BCUT2D eigenvalue weighted by Gasteiger charge is 2.13. The molecule has 8 nitrogen and oxygen atoms in total. The zero-order valence-electron chi connectivity index (χ0n) is 15.7. The van der Waals surface area contributed by atoms with Gasteiger partial charge in [-0.3, -0.25) is 0 Å². The third-order valence-electron chi connectivity index (χ3n) is 3.28. The van der Waals surface area contributed by atoms with Gasteiger partial charge in [0, 0.05) is 28.7 Å².